The first-order valence-electron chi connectivity index (χ1n) is 8.71. The summed E-state index contributed by atoms with van der Waals surface area (Å²) in [6.45, 7) is 8.36. The molecular weight excluding hydrogens is 313 g/mol. The summed E-state index contributed by atoms with van der Waals surface area (Å²) in [7, 11) is 0. The number of aryl methyl sites for hydroxylation is 2. The first-order chi connectivity index (χ1) is 11.8. The molecule has 0 atom stereocenters. The van der Waals surface area contributed by atoms with Crippen LogP contribution >= 0.6 is 0 Å². The molecule has 0 aromatic heterocycles. The molecule has 1 aliphatic heterocycles. The molecule has 2 nitrogen and oxygen atoms in total. The third-order valence-corrected chi connectivity index (χ3v) is 4.94. The normalized spacial score (nSPS) is 16.0. The molecule has 0 N–H and O–H groups in total. The standard InChI is InChI=1S/C22H24FNO/c1-5-16-9-10-17(11-15(16)2)19-13-22(3,4)24(14-19)21(25)18-7-6-8-20(23)12-18/h6-12,14H,5,13H2,1-4H3. The minimum atomic E-state index is -0.391. The monoisotopic (exact) mass is 337 g/mol. The highest BCUT2D eigenvalue weighted by Crippen LogP contribution is 2.38. The van der Waals surface area contributed by atoms with Crippen LogP contribution in [0.15, 0.2) is 48.7 Å². The number of hydrogen-bond acceptors (Lipinski definition) is 1. The summed E-state index contributed by atoms with van der Waals surface area (Å²) in [5, 5.41) is 0. The quantitative estimate of drug-likeness (QED) is 0.738. The van der Waals surface area contributed by atoms with Crippen molar-refractivity contribution < 1.29 is 9.18 Å². The molecule has 0 unspecified atom stereocenters. The van der Waals surface area contributed by atoms with Crippen LogP contribution in [0.2, 0.25) is 0 Å². The zero-order chi connectivity index (χ0) is 18.2. The Morgan fingerprint density at radius 2 is 1.96 bits per heavy atom. The number of halogens is 1. The van der Waals surface area contributed by atoms with Crippen molar-refractivity contribution in [1.29, 1.82) is 0 Å². The van der Waals surface area contributed by atoms with E-state index >= 15 is 0 Å². The minimum Gasteiger partial charge on any atom is -0.309 e. The lowest BCUT2D eigenvalue weighted by atomic mass is 9.92. The van der Waals surface area contributed by atoms with Gasteiger partial charge in [-0.1, -0.05) is 31.2 Å². The van der Waals surface area contributed by atoms with Crippen molar-refractivity contribution >= 4 is 11.5 Å². The van der Waals surface area contributed by atoms with E-state index in [9.17, 15) is 9.18 Å². The Kier molecular flexibility index (Phi) is 4.51. The fraction of sp³-hybridized carbons (Fsp3) is 0.318. The molecule has 0 bridgehead atoms. The van der Waals surface area contributed by atoms with Gasteiger partial charge in [-0.05, 0) is 74.1 Å². The van der Waals surface area contributed by atoms with Gasteiger partial charge in [0.2, 0.25) is 0 Å². The topological polar surface area (TPSA) is 20.3 Å². The van der Waals surface area contributed by atoms with Crippen molar-refractivity contribution in [3.05, 3.63) is 76.7 Å². The van der Waals surface area contributed by atoms with Crippen LogP contribution in [0.5, 0.6) is 0 Å². The largest absolute Gasteiger partial charge is 0.309 e. The molecule has 0 spiro atoms. The molecule has 25 heavy (non-hydrogen) atoms. The molecule has 0 radical (unpaired) electrons. The first-order valence-corrected chi connectivity index (χ1v) is 8.71. The Hall–Kier alpha value is -2.42. The Morgan fingerprint density at radius 3 is 2.60 bits per heavy atom. The highest BCUT2D eigenvalue weighted by molar-refractivity contribution is 5.97. The van der Waals surface area contributed by atoms with Crippen molar-refractivity contribution in [3.63, 3.8) is 0 Å². The zero-order valence-corrected chi connectivity index (χ0v) is 15.3. The van der Waals surface area contributed by atoms with E-state index in [0.29, 0.717) is 5.56 Å². The van der Waals surface area contributed by atoms with Gasteiger partial charge in [-0.3, -0.25) is 4.79 Å². The van der Waals surface area contributed by atoms with Crippen LogP contribution in [-0.4, -0.2) is 16.3 Å². The van der Waals surface area contributed by atoms with Crippen LogP contribution in [0.25, 0.3) is 5.57 Å². The smallest absolute Gasteiger partial charge is 0.258 e. The van der Waals surface area contributed by atoms with Gasteiger partial charge in [-0.25, -0.2) is 4.39 Å². The molecule has 2 aromatic carbocycles. The fourth-order valence-electron chi connectivity index (χ4n) is 3.49. The van der Waals surface area contributed by atoms with Gasteiger partial charge >= 0.3 is 0 Å². The predicted octanol–water partition coefficient (Wildman–Crippen LogP) is 5.36. The Bertz CT molecular complexity index is 851. The minimum absolute atomic E-state index is 0.165. The lowest BCUT2D eigenvalue weighted by Gasteiger charge is -2.31. The number of rotatable bonds is 3. The van der Waals surface area contributed by atoms with Crippen LogP contribution < -0.4 is 0 Å². The molecule has 0 saturated carbocycles. The van der Waals surface area contributed by atoms with E-state index in [0.717, 1.165) is 24.0 Å². The summed E-state index contributed by atoms with van der Waals surface area (Å²) >= 11 is 0. The third-order valence-electron chi connectivity index (χ3n) is 4.94. The lowest BCUT2D eigenvalue weighted by molar-refractivity contribution is 0.0712. The van der Waals surface area contributed by atoms with E-state index in [1.165, 1.54) is 23.3 Å². The van der Waals surface area contributed by atoms with Gasteiger partial charge in [-0.15, -0.1) is 0 Å². The van der Waals surface area contributed by atoms with E-state index in [4.69, 9.17) is 0 Å². The fourth-order valence-corrected chi connectivity index (χ4v) is 3.49. The van der Waals surface area contributed by atoms with E-state index in [2.05, 4.69) is 32.0 Å². The summed E-state index contributed by atoms with van der Waals surface area (Å²) in [5.41, 5.74) is 4.94. The van der Waals surface area contributed by atoms with Crippen LogP contribution in [0.3, 0.4) is 0 Å². The van der Waals surface area contributed by atoms with E-state index < -0.39 is 5.82 Å². The molecule has 2 aromatic rings. The predicted molar refractivity (Wildman–Crippen MR) is 99.8 cm³/mol. The lowest BCUT2D eigenvalue weighted by Crippen LogP contribution is -2.40. The van der Waals surface area contributed by atoms with Crippen molar-refractivity contribution in [3.8, 4) is 0 Å². The van der Waals surface area contributed by atoms with Crippen molar-refractivity contribution in [1.82, 2.24) is 4.90 Å². The summed E-state index contributed by atoms with van der Waals surface area (Å²) in [5.74, 6) is -0.556. The highest BCUT2D eigenvalue weighted by Gasteiger charge is 2.36. The maximum Gasteiger partial charge on any atom is 0.258 e. The second-order valence-electron chi connectivity index (χ2n) is 7.32. The molecular formula is C22H24FNO. The summed E-state index contributed by atoms with van der Waals surface area (Å²) in [4.78, 5) is 14.6. The third kappa shape index (κ3) is 3.37. The van der Waals surface area contributed by atoms with Crippen molar-refractivity contribution in [2.75, 3.05) is 0 Å². The van der Waals surface area contributed by atoms with E-state index in [1.54, 1.807) is 17.0 Å². The molecule has 1 aliphatic rings. The highest BCUT2D eigenvalue weighted by atomic mass is 19.1. The first kappa shape index (κ1) is 17.4. The number of benzene rings is 2. The Morgan fingerprint density at radius 1 is 1.20 bits per heavy atom. The second-order valence-corrected chi connectivity index (χ2v) is 7.32. The maximum atomic E-state index is 13.5. The van der Waals surface area contributed by atoms with Gasteiger partial charge in [0.25, 0.3) is 5.91 Å². The van der Waals surface area contributed by atoms with Gasteiger partial charge in [0.05, 0.1) is 0 Å². The average molecular weight is 337 g/mol. The SMILES string of the molecule is CCc1ccc(C2=CN(C(=O)c3cccc(F)c3)C(C)(C)C2)cc1C. The van der Waals surface area contributed by atoms with Crippen LogP contribution in [-0.2, 0) is 6.42 Å². The van der Waals surface area contributed by atoms with Crippen LogP contribution in [0.1, 0.15) is 54.2 Å². The maximum absolute atomic E-state index is 13.5. The molecule has 130 valence electrons. The number of hydrogen-bond donors (Lipinski definition) is 0. The molecule has 1 heterocycles. The second kappa shape index (κ2) is 6.47. The van der Waals surface area contributed by atoms with Crippen molar-refractivity contribution in [2.24, 2.45) is 0 Å². The molecule has 0 fully saturated rings. The zero-order valence-electron chi connectivity index (χ0n) is 15.3. The summed E-state index contributed by atoms with van der Waals surface area (Å²) in [6.07, 6.45) is 3.72. The summed E-state index contributed by atoms with van der Waals surface area (Å²) < 4.78 is 13.5. The molecule has 1 amide bonds. The van der Waals surface area contributed by atoms with Gasteiger partial charge in [0.15, 0.2) is 0 Å². The summed E-state index contributed by atoms with van der Waals surface area (Å²) in [6, 6.07) is 12.4. The number of amides is 1. The number of carbonyl (C=O) groups excluding carboxylic acids is 1. The number of nitrogens with zero attached hydrogens (tertiary/aromatic N) is 1. The molecule has 0 saturated heterocycles. The van der Waals surface area contributed by atoms with Gasteiger partial charge in [0, 0.05) is 17.3 Å². The average Bonchev–Trinajstić information content (AvgIpc) is 2.89. The van der Waals surface area contributed by atoms with E-state index in [1.807, 2.05) is 20.0 Å². The van der Waals surface area contributed by atoms with Crippen molar-refractivity contribution in [2.45, 2.75) is 46.1 Å². The van der Waals surface area contributed by atoms with Crippen LogP contribution in [0, 0.1) is 12.7 Å². The van der Waals surface area contributed by atoms with E-state index in [-0.39, 0.29) is 11.4 Å². The van der Waals surface area contributed by atoms with Crippen LogP contribution in [0.4, 0.5) is 4.39 Å². The molecule has 0 aliphatic carbocycles. The Balaban J connectivity index is 1.95. The number of carbonyl (C=O) groups is 1. The Labute approximate surface area is 149 Å². The van der Waals surface area contributed by atoms with Gasteiger partial charge in [-0.2, -0.15) is 0 Å². The molecule has 3 heteroatoms. The van der Waals surface area contributed by atoms with Gasteiger partial charge in [0.1, 0.15) is 5.82 Å². The van der Waals surface area contributed by atoms with Gasteiger partial charge < -0.3 is 4.90 Å². The molecule has 3 rings (SSSR count).